The van der Waals surface area contributed by atoms with Crippen molar-refractivity contribution < 1.29 is 9.90 Å². The first-order chi connectivity index (χ1) is 8.68. The molecule has 0 bridgehead atoms. The van der Waals surface area contributed by atoms with Gasteiger partial charge in [-0.3, -0.25) is 4.79 Å². The summed E-state index contributed by atoms with van der Waals surface area (Å²) in [6.07, 6.45) is 3.65. The number of hydrogen-bond acceptors (Lipinski definition) is 3. The van der Waals surface area contributed by atoms with Crippen molar-refractivity contribution in [2.75, 3.05) is 19.6 Å². The average molecular weight is 250 g/mol. The predicted octanol–water partition coefficient (Wildman–Crippen LogP) is 1.03. The number of carbonyl (C=O) groups is 1. The van der Waals surface area contributed by atoms with Crippen LogP contribution in [0.1, 0.15) is 29.8 Å². The van der Waals surface area contributed by atoms with E-state index >= 15 is 0 Å². The molecule has 1 fully saturated rings. The zero-order chi connectivity index (χ0) is 13.0. The third-order valence-electron chi connectivity index (χ3n) is 3.36. The minimum Gasteiger partial charge on any atom is -0.477 e. The third-order valence-corrected chi connectivity index (χ3v) is 3.36. The van der Waals surface area contributed by atoms with Gasteiger partial charge in [-0.25, -0.2) is 4.79 Å². The van der Waals surface area contributed by atoms with Crippen LogP contribution in [0.5, 0.6) is 0 Å². The van der Waals surface area contributed by atoms with Gasteiger partial charge in [0, 0.05) is 19.2 Å². The highest BCUT2D eigenvalue weighted by atomic mass is 16.4. The highest BCUT2D eigenvalue weighted by molar-refractivity contribution is 5.85. The van der Waals surface area contributed by atoms with Crippen molar-refractivity contribution in [3.63, 3.8) is 0 Å². The molecule has 98 valence electrons. The van der Waals surface area contributed by atoms with Gasteiger partial charge in [0.1, 0.15) is 5.69 Å². The molecular formula is C13H18N2O3. The van der Waals surface area contributed by atoms with Crippen LogP contribution < -0.4 is 5.56 Å². The molecule has 0 unspecified atom stereocenters. The molecule has 0 amide bonds. The number of aromatic carboxylic acids is 1. The first-order valence-electron chi connectivity index (χ1n) is 6.34. The molecule has 0 radical (unpaired) electrons. The molecule has 0 spiro atoms. The standard InChI is InChI=1S/C13H18N2O3/c16-12-6-4-5-11(13(17)18)15(12)10-9-14-7-2-1-3-8-14/h4-6H,1-3,7-10H2,(H,17,18). The fraction of sp³-hybridized carbons (Fsp3) is 0.538. The minimum absolute atomic E-state index is 0.0690. The molecule has 2 rings (SSSR count). The van der Waals surface area contributed by atoms with Gasteiger partial charge in [-0.1, -0.05) is 12.5 Å². The molecule has 1 saturated heterocycles. The van der Waals surface area contributed by atoms with Gasteiger partial charge in [-0.2, -0.15) is 0 Å². The van der Waals surface area contributed by atoms with Gasteiger partial charge in [0.05, 0.1) is 0 Å². The number of rotatable bonds is 4. The van der Waals surface area contributed by atoms with Crippen molar-refractivity contribution in [1.29, 1.82) is 0 Å². The molecule has 5 nitrogen and oxygen atoms in total. The Morgan fingerprint density at radius 1 is 1.17 bits per heavy atom. The maximum atomic E-state index is 11.7. The molecule has 5 heteroatoms. The first-order valence-corrected chi connectivity index (χ1v) is 6.34. The molecule has 0 atom stereocenters. The van der Waals surface area contributed by atoms with Crippen LogP contribution in [0, 0.1) is 0 Å². The Kier molecular flexibility index (Phi) is 4.15. The summed E-state index contributed by atoms with van der Waals surface area (Å²) in [5.74, 6) is -1.05. The number of piperidine rings is 1. The van der Waals surface area contributed by atoms with Gasteiger partial charge in [-0.15, -0.1) is 0 Å². The minimum atomic E-state index is -1.05. The second-order valence-electron chi connectivity index (χ2n) is 4.61. The van der Waals surface area contributed by atoms with Crippen molar-refractivity contribution in [2.45, 2.75) is 25.8 Å². The number of likely N-dealkylation sites (tertiary alicyclic amines) is 1. The highest BCUT2D eigenvalue weighted by Gasteiger charge is 2.13. The number of nitrogens with zero attached hydrogens (tertiary/aromatic N) is 2. The quantitative estimate of drug-likeness (QED) is 0.867. The summed E-state index contributed by atoms with van der Waals surface area (Å²) >= 11 is 0. The van der Waals surface area contributed by atoms with E-state index in [4.69, 9.17) is 5.11 Å². The number of aromatic nitrogens is 1. The van der Waals surface area contributed by atoms with E-state index in [2.05, 4.69) is 4.90 Å². The van der Waals surface area contributed by atoms with Gasteiger partial charge in [0.2, 0.25) is 0 Å². The molecule has 0 saturated carbocycles. The molecule has 0 aliphatic carbocycles. The monoisotopic (exact) mass is 250 g/mol. The average Bonchev–Trinajstić information content (AvgIpc) is 2.38. The second kappa shape index (κ2) is 5.82. The normalized spacial score (nSPS) is 16.7. The Morgan fingerprint density at radius 2 is 1.89 bits per heavy atom. The molecular weight excluding hydrogens is 232 g/mol. The Bertz CT molecular complexity index is 475. The van der Waals surface area contributed by atoms with Crippen LogP contribution >= 0.6 is 0 Å². The highest BCUT2D eigenvalue weighted by Crippen LogP contribution is 2.08. The predicted molar refractivity (Wildman–Crippen MR) is 68.0 cm³/mol. The number of carboxylic acid groups (broad SMARTS) is 1. The van der Waals surface area contributed by atoms with Crippen molar-refractivity contribution in [1.82, 2.24) is 9.47 Å². The molecule has 0 aromatic carbocycles. The largest absolute Gasteiger partial charge is 0.477 e. The lowest BCUT2D eigenvalue weighted by molar-refractivity contribution is 0.0682. The van der Waals surface area contributed by atoms with Crippen molar-refractivity contribution in [2.24, 2.45) is 0 Å². The lowest BCUT2D eigenvalue weighted by Crippen LogP contribution is -2.35. The van der Waals surface area contributed by atoms with Gasteiger partial charge >= 0.3 is 5.97 Å². The molecule has 1 aliphatic rings. The van der Waals surface area contributed by atoms with E-state index in [-0.39, 0.29) is 11.3 Å². The molecule has 1 N–H and O–H groups in total. The zero-order valence-electron chi connectivity index (χ0n) is 10.3. The maximum absolute atomic E-state index is 11.7. The number of hydrogen-bond donors (Lipinski definition) is 1. The summed E-state index contributed by atoms with van der Waals surface area (Å²) in [6.45, 7) is 3.28. The molecule has 18 heavy (non-hydrogen) atoms. The Morgan fingerprint density at radius 3 is 2.56 bits per heavy atom. The lowest BCUT2D eigenvalue weighted by Gasteiger charge is -2.26. The first kappa shape index (κ1) is 12.8. The fourth-order valence-corrected chi connectivity index (χ4v) is 2.36. The third kappa shape index (κ3) is 2.98. The van der Waals surface area contributed by atoms with E-state index in [9.17, 15) is 9.59 Å². The number of pyridine rings is 1. The summed E-state index contributed by atoms with van der Waals surface area (Å²) in [7, 11) is 0. The van der Waals surface area contributed by atoms with E-state index in [1.807, 2.05) is 0 Å². The Hall–Kier alpha value is -1.62. The van der Waals surface area contributed by atoms with Crippen LogP contribution in [0.3, 0.4) is 0 Å². The van der Waals surface area contributed by atoms with Crippen molar-refractivity contribution >= 4 is 5.97 Å². The summed E-state index contributed by atoms with van der Waals surface area (Å²) in [4.78, 5) is 25.0. The van der Waals surface area contributed by atoms with E-state index in [1.54, 1.807) is 0 Å². The summed E-state index contributed by atoms with van der Waals surface area (Å²) in [5, 5.41) is 9.05. The Balaban J connectivity index is 2.08. The molecule has 2 heterocycles. The molecule has 1 aromatic heterocycles. The van der Waals surface area contributed by atoms with Gasteiger partial charge in [0.15, 0.2) is 0 Å². The van der Waals surface area contributed by atoms with Gasteiger partial charge in [-0.05, 0) is 32.0 Å². The van der Waals surface area contributed by atoms with E-state index < -0.39 is 5.97 Å². The van der Waals surface area contributed by atoms with E-state index in [0.717, 1.165) is 19.6 Å². The summed E-state index contributed by atoms with van der Waals surface area (Å²) in [6, 6.07) is 4.37. The maximum Gasteiger partial charge on any atom is 0.352 e. The van der Waals surface area contributed by atoms with Crippen LogP contribution in [0.15, 0.2) is 23.0 Å². The summed E-state index contributed by atoms with van der Waals surface area (Å²) < 4.78 is 1.34. The van der Waals surface area contributed by atoms with Gasteiger partial charge < -0.3 is 14.6 Å². The van der Waals surface area contributed by atoms with Gasteiger partial charge in [0.25, 0.3) is 5.56 Å². The molecule has 1 aliphatic heterocycles. The Labute approximate surface area is 106 Å². The van der Waals surface area contributed by atoms with E-state index in [0.29, 0.717) is 6.54 Å². The summed E-state index contributed by atoms with van der Waals surface area (Å²) in [5.41, 5.74) is -0.175. The SMILES string of the molecule is O=C(O)c1cccc(=O)n1CCN1CCCCC1. The van der Waals surface area contributed by atoms with Crippen LogP contribution in [-0.4, -0.2) is 40.2 Å². The zero-order valence-corrected chi connectivity index (χ0v) is 10.3. The topological polar surface area (TPSA) is 62.5 Å². The van der Waals surface area contributed by atoms with Crippen molar-refractivity contribution in [3.8, 4) is 0 Å². The fourth-order valence-electron chi connectivity index (χ4n) is 2.36. The second-order valence-corrected chi connectivity index (χ2v) is 4.61. The van der Waals surface area contributed by atoms with Crippen LogP contribution in [0.4, 0.5) is 0 Å². The van der Waals surface area contributed by atoms with Crippen LogP contribution in [-0.2, 0) is 6.54 Å². The number of carboxylic acids is 1. The van der Waals surface area contributed by atoms with Crippen LogP contribution in [0.25, 0.3) is 0 Å². The smallest absolute Gasteiger partial charge is 0.352 e. The van der Waals surface area contributed by atoms with Crippen LogP contribution in [0.2, 0.25) is 0 Å². The lowest BCUT2D eigenvalue weighted by atomic mass is 10.1. The van der Waals surface area contributed by atoms with E-state index in [1.165, 1.54) is 42.0 Å². The molecule has 1 aromatic rings. The van der Waals surface area contributed by atoms with Crippen molar-refractivity contribution in [3.05, 3.63) is 34.2 Å².